The molecule has 0 heterocycles. The van der Waals surface area contributed by atoms with Crippen LogP contribution in [0.3, 0.4) is 0 Å². The van der Waals surface area contributed by atoms with Crippen molar-refractivity contribution in [3.05, 3.63) is 72.9 Å². The minimum absolute atomic E-state index is 0.0543. The zero-order valence-corrected chi connectivity index (χ0v) is 38.6. The number of hydrogen-bond donors (Lipinski definition) is 3. The molecule has 340 valence electrons. The number of amides is 1. The summed E-state index contributed by atoms with van der Waals surface area (Å²) in [4.78, 5) is 26.1. The number of aliphatic hydroxyl groups excluding tert-OH is 2. The number of nitrogens with one attached hydrogen (secondary N) is 1. The van der Waals surface area contributed by atoms with Crippen LogP contribution in [0.25, 0.3) is 0 Å². The molecule has 0 aromatic carbocycles. The number of rotatable bonds is 43. The van der Waals surface area contributed by atoms with E-state index in [9.17, 15) is 19.8 Å². The van der Waals surface area contributed by atoms with Gasteiger partial charge in [-0.3, -0.25) is 9.59 Å². The van der Waals surface area contributed by atoms with Gasteiger partial charge in [-0.15, -0.1) is 0 Å². The number of aliphatic hydroxyl groups is 2. The third kappa shape index (κ3) is 41.8. The summed E-state index contributed by atoms with van der Waals surface area (Å²) in [5.74, 6) is -0.515. The molecule has 59 heavy (non-hydrogen) atoms. The highest BCUT2D eigenvalue weighted by Gasteiger charge is 2.24. The van der Waals surface area contributed by atoms with E-state index in [0.717, 1.165) is 116 Å². The van der Waals surface area contributed by atoms with Crippen LogP contribution in [-0.2, 0) is 14.3 Å². The first-order chi connectivity index (χ1) is 29.0. The van der Waals surface area contributed by atoms with Gasteiger partial charge in [0.15, 0.2) is 0 Å². The van der Waals surface area contributed by atoms with Gasteiger partial charge in [-0.25, -0.2) is 0 Å². The maximum absolute atomic E-state index is 13.2. The van der Waals surface area contributed by atoms with Crippen LogP contribution in [0, 0.1) is 0 Å². The summed E-state index contributed by atoms with van der Waals surface area (Å²) in [6.07, 6.45) is 58.2. The molecule has 1 amide bonds. The molecule has 0 saturated carbocycles. The number of ether oxygens (including phenoxy) is 1. The predicted octanol–water partition coefficient (Wildman–Crippen LogP) is 14.6. The molecule has 0 aliphatic heterocycles. The fraction of sp³-hybridized carbons (Fsp3) is 0.736. The largest absolute Gasteiger partial charge is 0.462 e. The number of hydrogen-bond acceptors (Lipinski definition) is 5. The molecular formula is C53H93NO5. The highest BCUT2D eigenvalue weighted by atomic mass is 16.5. The molecule has 3 atom stereocenters. The minimum Gasteiger partial charge on any atom is -0.462 e. The maximum Gasteiger partial charge on any atom is 0.306 e. The summed E-state index contributed by atoms with van der Waals surface area (Å²) in [5, 5.41) is 23.7. The molecule has 0 radical (unpaired) electrons. The summed E-state index contributed by atoms with van der Waals surface area (Å²) >= 11 is 0. The Morgan fingerprint density at radius 3 is 1.39 bits per heavy atom. The number of allylic oxidation sites excluding steroid dienone is 12. The van der Waals surface area contributed by atoms with Crippen LogP contribution in [0.15, 0.2) is 72.9 Å². The van der Waals surface area contributed by atoms with Gasteiger partial charge in [-0.05, 0) is 89.9 Å². The van der Waals surface area contributed by atoms with Gasteiger partial charge in [0.05, 0.1) is 25.2 Å². The molecule has 3 N–H and O–H groups in total. The third-order valence-corrected chi connectivity index (χ3v) is 10.8. The molecule has 0 aliphatic rings. The van der Waals surface area contributed by atoms with Crippen LogP contribution in [-0.4, -0.2) is 46.9 Å². The summed E-state index contributed by atoms with van der Waals surface area (Å²) in [6.45, 7) is 6.23. The van der Waals surface area contributed by atoms with E-state index in [2.05, 4.69) is 99.0 Å². The molecule has 0 saturated heterocycles. The van der Waals surface area contributed by atoms with Crippen molar-refractivity contribution in [1.82, 2.24) is 5.32 Å². The topological polar surface area (TPSA) is 95.9 Å². The molecule has 0 bridgehead atoms. The van der Waals surface area contributed by atoms with E-state index in [0.29, 0.717) is 19.3 Å². The maximum atomic E-state index is 13.2. The second-order valence-electron chi connectivity index (χ2n) is 16.4. The number of esters is 1. The fourth-order valence-electron chi connectivity index (χ4n) is 7.11. The predicted molar refractivity (Wildman–Crippen MR) is 255 cm³/mol. The van der Waals surface area contributed by atoms with E-state index in [-0.39, 0.29) is 24.9 Å². The molecule has 6 heteroatoms. The molecular weight excluding hydrogens is 731 g/mol. The standard InChI is InChI=1S/C53H93NO5/c1-4-7-10-13-16-19-22-24-26-27-29-31-34-37-40-43-46-53(58)59-49(44-41-38-35-32-30-28-25-23-20-17-14-11-8-5-2)47-52(57)54-50(48-55)51(56)45-42-39-36-33-21-18-15-12-9-6-3/h7-8,10-11,16-17,19-20,24-26,28,49-51,55-56H,4-6,9,12-15,18,21-23,27,29-48H2,1-3H3,(H,54,57)/b10-7+,11-8+,19-16+,20-17+,26-24+,28-25+. The van der Waals surface area contributed by atoms with Gasteiger partial charge < -0.3 is 20.3 Å². The average Bonchev–Trinajstić information content (AvgIpc) is 3.23. The monoisotopic (exact) mass is 824 g/mol. The van der Waals surface area contributed by atoms with Crippen molar-refractivity contribution in [1.29, 1.82) is 0 Å². The highest BCUT2D eigenvalue weighted by Crippen LogP contribution is 2.17. The quantitative estimate of drug-likeness (QED) is 0.0323. The first-order valence-corrected chi connectivity index (χ1v) is 24.7. The van der Waals surface area contributed by atoms with Gasteiger partial charge >= 0.3 is 5.97 Å². The van der Waals surface area contributed by atoms with E-state index in [1.807, 2.05) is 0 Å². The Morgan fingerprint density at radius 2 is 0.915 bits per heavy atom. The van der Waals surface area contributed by atoms with E-state index in [1.165, 1.54) is 64.2 Å². The molecule has 0 aromatic rings. The Bertz CT molecular complexity index is 1110. The fourth-order valence-corrected chi connectivity index (χ4v) is 7.11. The molecule has 6 nitrogen and oxygen atoms in total. The molecule has 0 rings (SSSR count). The Balaban J connectivity index is 4.65. The molecule has 0 fully saturated rings. The Morgan fingerprint density at radius 1 is 0.508 bits per heavy atom. The number of carbonyl (C=O) groups is 2. The number of carbonyl (C=O) groups excluding carboxylic acids is 2. The second-order valence-corrected chi connectivity index (χ2v) is 16.4. The van der Waals surface area contributed by atoms with Crippen LogP contribution in [0.2, 0.25) is 0 Å². The van der Waals surface area contributed by atoms with E-state index in [1.54, 1.807) is 0 Å². The van der Waals surface area contributed by atoms with Crippen molar-refractivity contribution in [3.63, 3.8) is 0 Å². The van der Waals surface area contributed by atoms with Crippen molar-refractivity contribution in [2.45, 2.75) is 244 Å². The van der Waals surface area contributed by atoms with Gasteiger partial charge in [0.25, 0.3) is 0 Å². The SMILES string of the molecule is CC/C=C/C/C=C/C/C=C/CCCCCCCCC(=O)OC(CCCCCC/C=C/C/C=C/C/C=C/CC)CC(=O)NC(CO)C(O)CCCCCCCCCCCC. The lowest BCUT2D eigenvalue weighted by molar-refractivity contribution is -0.151. The zero-order valence-electron chi connectivity index (χ0n) is 38.6. The first kappa shape index (κ1) is 56.3. The van der Waals surface area contributed by atoms with E-state index >= 15 is 0 Å². The Hall–Kier alpha value is -2.70. The van der Waals surface area contributed by atoms with Gasteiger partial charge in [0.2, 0.25) is 5.91 Å². The lowest BCUT2D eigenvalue weighted by Gasteiger charge is -2.24. The lowest BCUT2D eigenvalue weighted by atomic mass is 10.0. The van der Waals surface area contributed by atoms with E-state index in [4.69, 9.17) is 4.74 Å². The Labute approximate surface area is 364 Å². The summed E-state index contributed by atoms with van der Waals surface area (Å²) in [7, 11) is 0. The van der Waals surface area contributed by atoms with E-state index < -0.39 is 18.2 Å². The minimum atomic E-state index is -0.797. The van der Waals surface area contributed by atoms with Crippen molar-refractivity contribution < 1.29 is 24.5 Å². The van der Waals surface area contributed by atoms with Gasteiger partial charge in [0, 0.05) is 6.42 Å². The molecule has 0 aliphatic carbocycles. The average molecular weight is 824 g/mol. The van der Waals surface area contributed by atoms with Crippen LogP contribution in [0.1, 0.15) is 226 Å². The van der Waals surface area contributed by atoms with Gasteiger partial charge in [-0.2, -0.15) is 0 Å². The molecule has 3 unspecified atom stereocenters. The summed E-state index contributed by atoms with van der Waals surface area (Å²) < 4.78 is 5.91. The van der Waals surface area contributed by atoms with Gasteiger partial charge in [0.1, 0.15) is 6.10 Å². The van der Waals surface area contributed by atoms with Crippen LogP contribution >= 0.6 is 0 Å². The zero-order chi connectivity index (χ0) is 43.1. The third-order valence-electron chi connectivity index (χ3n) is 10.8. The van der Waals surface area contributed by atoms with Crippen molar-refractivity contribution in [3.8, 4) is 0 Å². The Kier molecular flexibility index (Phi) is 44.2. The second kappa shape index (κ2) is 46.4. The lowest BCUT2D eigenvalue weighted by Crippen LogP contribution is -2.46. The smallest absolute Gasteiger partial charge is 0.306 e. The molecule has 0 aromatic heterocycles. The van der Waals surface area contributed by atoms with Crippen LogP contribution in [0.5, 0.6) is 0 Å². The highest BCUT2D eigenvalue weighted by molar-refractivity contribution is 5.77. The van der Waals surface area contributed by atoms with Crippen LogP contribution in [0.4, 0.5) is 0 Å². The van der Waals surface area contributed by atoms with Crippen molar-refractivity contribution in [2.75, 3.05) is 6.61 Å². The summed E-state index contributed by atoms with van der Waals surface area (Å²) in [6, 6.07) is -0.713. The summed E-state index contributed by atoms with van der Waals surface area (Å²) in [5.41, 5.74) is 0. The van der Waals surface area contributed by atoms with Gasteiger partial charge in [-0.1, -0.05) is 196 Å². The van der Waals surface area contributed by atoms with Crippen molar-refractivity contribution >= 4 is 11.9 Å². The molecule has 0 spiro atoms. The number of unbranched alkanes of at least 4 members (excludes halogenated alkanes) is 19. The normalized spacial score (nSPS) is 13.9. The first-order valence-electron chi connectivity index (χ1n) is 24.7. The van der Waals surface area contributed by atoms with Crippen LogP contribution < -0.4 is 5.32 Å². The van der Waals surface area contributed by atoms with Crippen molar-refractivity contribution in [2.24, 2.45) is 0 Å².